The van der Waals surface area contributed by atoms with Crippen molar-refractivity contribution >= 4 is 5.97 Å². The molecule has 1 aromatic rings. The van der Waals surface area contributed by atoms with Gasteiger partial charge in [-0.3, -0.25) is 4.79 Å². The molecule has 0 aliphatic rings. The predicted molar refractivity (Wildman–Crippen MR) is 63.1 cm³/mol. The number of carboxylic acid groups (broad SMARTS) is 1. The summed E-state index contributed by atoms with van der Waals surface area (Å²) in [5.41, 5.74) is 0. The van der Waals surface area contributed by atoms with Crippen LogP contribution in [0.5, 0.6) is 5.75 Å². The fourth-order valence-corrected chi connectivity index (χ4v) is 1.30. The van der Waals surface area contributed by atoms with E-state index in [0.717, 1.165) is 5.75 Å². The number of carboxylic acids is 1. The number of hydrogen-bond donors (Lipinski definition) is 3. The second-order valence-electron chi connectivity index (χ2n) is 3.62. The van der Waals surface area contributed by atoms with Crippen molar-refractivity contribution in [2.75, 3.05) is 19.7 Å². The third-order valence-corrected chi connectivity index (χ3v) is 2.08. The van der Waals surface area contributed by atoms with Gasteiger partial charge in [-0.15, -0.1) is 0 Å². The van der Waals surface area contributed by atoms with Gasteiger partial charge in [0.25, 0.3) is 0 Å². The van der Waals surface area contributed by atoms with Gasteiger partial charge in [-0.2, -0.15) is 0 Å². The molecule has 5 nitrogen and oxygen atoms in total. The molecule has 3 N–H and O–H groups in total. The molecule has 17 heavy (non-hydrogen) atoms. The Bertz CT molecular complexity index is 329. The van der Waals surface area contributed by atoms with Gasteiger partial charge in [0.05, 0.1) is 12.5 Å². The van der Waals surface area contributed by atoms with Gasteiger partial charge in [-0.25, -0.2) is 0 Å². The zero-order chi connectivity index (χ0) is 12.5. The van der Waals surface area contributed by atoms with E-state index in [9.17, 15) is 9.90 Å². The molecule has 1 unspecified atom stereocenters. The standard InChI is InChI=1S/C12H17NO4/c14-10(8-12(15)16)9-13-6-7-17-11-4-2-1-3-5-11/h1-5,10,13-14H,6-9H2,(H,15,16). The third kappa shape index (κ3) is 6.55. The molecule has 0 bridgehead atoms. The Balaban J connectivity index is 2.03. The largest absolute Gasteiger partial charge is 0.492 e. The van der Waals surface area contributed by atoms with Crippen molar-refractivity contribution in [3.8, 4) is 5.75 Å². The molecule has 94 valence electrons. The normalized spacial score (nSPS) is 12.1. The first-order chi connectivity index (χ1) is 8.18. The van der Waals surface area contributed by atoms with Gasteiger partial charge in [0.1, 0.15) is 12.4 Å². The van der Waals surface area contributed by atoms with Gasteiger partial charge in [0.2, 0.25) is 0 Å². The number of benzene rings is 1. The average molecular weight is 239 g/mol. The summed E-state index contributed by atoms with van der Waals surface area (Å²) in [4.78, 5) is 10.3. The summed E-state index contributed by atoms with van der Waals surface area (Å²) < 4.78 is 5.41. The van der Waals surface area contributed by atoms with Crippen LogP contribution in [-0.4, -0.2) is 42.0 Å². The van der Waals surface area contributed by atoms with Gasteiger partial charge in [0, 0.05) is 13.1 Å². The van der Waals surface area contributed by atoms with E-state index in [1.807, 2.05) is 30.3 Å². The minimum Gasteiger partial charge on any atom is -0.492 e. The highest BCUT2D eigenvalue weighted by Gasteiger charge is 2.08. The molecule has 0 amide bonds. The first-order valence-corrected chi connectivity index (χ1v) is 5.47. The zero-order valence-corrected chi connectivity index (χ0v) is 9.50. The van der Waals surface area contributed by atoms with Crippen LogP contribution in [-0.2, 0) is 4.79 Å². The van der Waals surface area contributed by atoms with Crippen molar-refractivity contribution in [2.45, 2.75) is 12.5 Å². The number of nitrogens with one attached hydrogen (secondary N) is 1. The zero-order valence-electron chi connectivity index (χ0n) is 9.50. The van der Waals surface area contributed by atoms with Crippen molar-refractivity contribution in [3.63, 3.8) is 0 Å². The third-order valence-electron chi connectivity index (χ3n) is 2.08. The molecule has 0 saturated heterocycles. The van der Waals surface area contributed by atoms with Crippen molar-refractivity contribution in [1.82, 2.24) is 5.32 Å². The Hall–Kier alpha value is -1.59. The minimum absolute atomic E-state index is 0.244. The monoisotopic (exact) mass is 239 g/mol. The number of para-hydroxylation sites is 1. The lowest BCUT2D eigenvalue weighted by Gasteiger charge is -2.10. The van der Waals surface area contributed by atoms with Gasteiger partial charge >= 0.3 is 5.97 Å². The molecule has 0 radical (unpaired) electrons. The van der Waals surface area contributed by atoms with Crippen LogP contribution in [0.15, 0.2) is 30.3 Å². The van der Waals surface area contributed by atoms with E-state index in [1.54, 1.807) is 0 Å². The van der Waals surface area contributed by atoms with Crippen molar-refractivity contribution in [1.29, 1.82) is 0 Å². The molecule has 5 heteroatoms. The maximum atomic E-state index is 10.3. The molecule has 0 saturated carbocycles. The Morgan fingerprint density at radius 2 is 2.06 bits per heavy atom. The number of hydrogen-bond acceptors (Lipinski definition) is 4. The Kier molecular flexibility index (Phi) is 6.06. The Labute approximate surface area is 100 Å². The van der Waals surface area contributed by atoms with Crippen molar-refractivity contribution in [2.24, 2.45) is 0 Å². The van der Waals surface area contributed by atoms with Crippen LogP contribution in [0, 0.1) is 0 Å². The summed E-state index contributed by atoms with van der Waals surface area (Å²) in [6.07, 6.45) is -1.10. The van der Waals surface area contributed by atoms with E-state index in [1.165, 1.54) is 0 Å². The lowest BCUT2D eigenvalue weighted by Crippen LogP contribution is -2.31. The van der Waals surface area contributed by atoms with E-state index in [-0.39, 0.29) is 13.0 Å². The number of carbonyl (C=O) groups is 1. The van der Waals surface area contributed by atoms with Crippen LogP contribution in [0.1, 0.15) is 6.42 Å². The Morgan fingerprint density at radius 3 is 2.71 bits per heavy atom. The van der Waals surface area contributed by atoms with E-state index in [2.05, 4.69) is 5.32 Å². The maximum absolute atomic E-state index is 10.3. The molecular formula is C12H17NO4. The highest BCUT2D eigenvalue weighted by atomic mass is 16.5. The van der Waals surface area contributed by atoms with Gasteiger partial charge in [0.15, 0.2) is 0 Å². The fraction of sp³-hybridized carbons (Fsp3) is 0.417. The SMILES string of the molecule is O=C(O)CC(O)CNCCOc1ccccc1. The summed E-state index contributed by atoms with van der Waals surface area (Å²) in [5, 5.41) is 20.6. The van der Waals surface area contributed by atoms with E-state index < -0.39 is 12.1 Å². The minimum atomic E-state index is -1.00. The quantitative estimate of drug-likeness (QED) is 0.575. The predicted octanol–water partition coefficient (Wildman–Crippen LogP) is 0.491. The molecule has 0 aliphatic heterocycles. The molecule has 0 spiro atoms. The highest BCUT2D eigenvalue weighted by Crippen LogP contribution is 2.07. The van der Waals surface area contributed by atoms with Crippen molar-refractivity contribution in [3.05, 3.63) is 30.3 Å². The van der Waals surface area contributed by atoms with Crippen LogP contribution in [0.25, 0.3) is 0 Å². The second-order valence-corrected chi connectivity index (χ2v) is 3.62. The van der Waals surface area contributed by atoms with Crippen LogP contribution < -0.4 is 10.1 Å². The number of rotatable bonds is 8. The summed E-state index contributed by atoms with van der Waals surface area (Å²) in [7, 11) is 0. The first kappa shape index (κ1) is 13.5. The molecule has 1 atom stereocenters. The summed E-state index contributed by atoms with van der Waals surface area (Å²) in [6, 6.07) is 9.41. The maximum Gasteiger partial charge on any atom is 0.306 e. The first-order valence-electron chi connectivity index (χ1n) is 5.47. The lowest BCUT2D eigenvalue weighted by atomic mass is 10.2. The van der Waals surface area contributed by atoms with Crippen LogP contribution in [0.3, 0.4) is 0 Å². The smallest absolute Gasteiger partial charge is 0.306 e. The van der Waals surface area contributed by atoms with Crippen LogP contribution in [0.4, 0.5) is 0 Å². The fourth-order valence-electron chi connectivity index (χ4n) is 1.30. The lowest BCUT2D eigenvalue weighted by molar-refractivity contribution is -0.139. The van der Waals surface area contributed by atoms with Crippen LogP contribution >= 0.6 is 0 Å². The molecule has 0 aromatic heterocycles. The average Bonchev–Trinajstić information content (AvgIpc) is 2.29. The highest BCUT2D eigenvalue weighted by molar-refractivity contribution is 5.67. The number of aliphatic carboxylic acids is 1. The molecule has 0 aliphatic carbocycles. The van der Waals surface area contributed by atoms with E-state index in [4.69, 9.17) is 9.84 Å². The van der Waals surface area contributed by atoms with E-state index >= 15 is 0 Å². The number of aliphatic hydroxyl groups excluding tert-OH is 1. The second kappa shape index (κ2) is 7.65. The molecule has 1 rings (SSSR count). The molecule has 0 heterocycles. The number of aliphatic hydroxyl groups is 1. The number of ether oxygens (including phenoxy) is 1. The molecular weight excluding hydrogens is 222 g/mol. The Morgan fingerprint density at radius 1 is 1.35 bits per heavy atom. The van der Waals surface area contributed by atoms with E-state index in [0.29, 0.717) is 13.2 Å². The molecule has 1 aromatic carbocycles. The van der Waals surface area contributed by atoms with Gasteiger partial charge in [-0.05, 0) is 12.1 Å². The summed E-state index contributed by atoms with van der Waals surface area (Å²) in [6.45, 7) is 1.29. The van der Waals surface area contributed by atoms with Gasteiger partial charge < -0.3 is 20.3 Å². The van der Waals surface area contributed by atoms with Gasteiger partial charge in [-0.1, -0.05) is 18.2 Å². The summed E-state index contributed by atoms with van der Waals surface area (Å²) >= 11 is 0. The molecule has 0 fully saturated rings. The topological polar surface area (TPSA) is 78.8 Å². The van der Waals surface area contributed by atoms with Crippen LogP contribution in [0.2, 0.25) is 0 Å². The van der Waals surface area contributed by atoms with Crippen molar-refractivity contribution < 1.29 is 19.7 Å². The summed E-state index contributed by atoms with van der Waals surface area (Å²) in [5.74, 6) is -0.208.